The van der Waals surface area contributed by atoms with Crippen molar-refractivity contribution in [2.75, 3.05) is 13.7 Å². The fraction of sp³-hybridized carbons (Fsp3) is 0.514. The van der Waals surface area contributed by atoms with Gasteiger partial charge in [0.15, 0.2) is 17.3 Å². The van der Waals surface area contributed by atoms with Gasteiger partial charge in [-0.25, -0.2) is 0 Å². The highest BCUT2D eigenvalue weighted by Gasteiger charge is 2.79. The lowest BCUT2D eigenvalue weighted by atomic mass is 9.54. The van der Waals surface area contributed by atoms with E-state index in [2.05, 4.69) is 20.8 Å². The zero-order valence-corrected chi connectivity index (χ0v) is 26.9. The summed E-state index contributed by atoms with van der Waals surface area (Å²) in [4.78, 5) is 26.8. The van der Waals surface area contributed by atoms with Crippen molar-refractivity contribution in [3.8, 4) is 11.5 Å². The number of phenolic OH excluding ortho intramolecular Hbond substituents is 1. The number of aliphatic hydroxyl groups is 1. The van der Waals surface area contributed by atoms with Gasteiger partial charge in [-0.05, 0) is 59.6 Å². The van der Waals surface area contributed by atoms with Crippen LogP contribution in [-0.2, 0) is 41.4 Å². The molecule has 0 aromatic heterocycles. The minimum Gasteiger partial charge on any atom is -0.504 e. The highest BCUT2D eigenvalue weighted by molar-refractivity contribution is 6.04. The number of rotatable bonds is 8. The topological polar surface area (TPSA) is 121 Å². The maximum atomic E-state index is 13.8. The third-order valence-electron chi connectivity index (χ3n) is 11.0. The summed E-state index contributed by atoms with van der Waals surface area (Å²) in [6.07, 6.45) is 4.47. The summed E-state index contributed by atoms with van der Waals surface area (Å²) in [5.41, 5.74) is -0.714. The molecule has 7 rings (SSSR count). The van der Waals surface area contributed by atoms with Crippen LogP contribution < -0.4 is 4.74 Å². The fourth-order valence-corrected chi connectivity index (χ4v) is 8.94. The van der Waals surface area contributed by atoms with Crippen molar-refractivity contribution in [1.29, 1.82) is 0 Å². The second-order valence-corrected chi connectivity index (χ2v) is 14.1. The van der Waals surface area contributed by atoms with Crippen LogP contribution in [0.1, 0.15) is 51.7 Å². The van der Waals surface area contributed by atoms with Gasteiger partial charge in [0.05, 0.1) is 25.6 Å². The first-order valence-electron chi connectivity index (χ1n) is 16.1. The minimum atomic E-state index is -1.78. The van der Waals surface area contributed by atoms with E-state index < -0.39 is 40.8 Å². The Labute approximate surface area is 269 Å². The number of ketones is 1. The van der Waals surface area contributed by atoms with E-state index in [1.165, 1.54) is 13.2 Å². The molecule has 2 saturated heterocycles. The molecule has 0 radical (unpaired) electrons. The van der Waals surface area contributed by atoms with Crippen molar-refractivity contribution in [3.63, 3.8) is 0 Å². The Morgan fingerprint density at radius 3 is 2.57 bits per heavy atom. The number of carbonyl (C=O) groups is 2. The number of Topliss-reactive ketones (excluding diaryl/α,β-unsaturated/α-hetero) is 1. The first kappa shape index (κ1) is 31.1. The summed E-state index contributed by atoms with van der Waals surface area (Å²) in [7, 11) is 1.44. The highest BCUT2D eigenvalue weighted by atomic mass is 16.9. The molecule has 0 amide bonds. The Balaban J connectivity index is 1.26. The second kappa shape index (κ2) is 10.8. The zero-order valence-electron chi connectivity index (χ0n) is 26.9. The number of hydrogen-bond donors (Lipinski definition) is 2. The Bertz CT molecular complexity index is 1630. The van der Waals surface area contributed by atoms with Crippen LogP contribution in [-0.4, -0.2) is 64.6 Å². The summed E-state index contributed by atoms with van der Waals surface area (Å²) in [5, 5.41) is 22.3. The summed E-state index contributed by atoms with van der Waals surface area (Å²) < 4.78 is 32.0. The van der Waals surface area contributed by atoms with Crippen LogP contribution in [0, 0.1) is 23.7 Å². The van der Waals surface area contributed by atoms with E-state index in [0.717, 1.165) is 5.56 Å². The molecule has 0 unspecified atom stereocenters. The fourth-order valence-electron chi connectivity index (χ4n) is 8.94. The molecule has 2 aromatic rings. The van der Waals surface area contributed by atoms with Gasteiger partial charge in [-0.1, -0.05) is 69.3 Å². The lowest BCUT2D eigenvalue weighted by molar-refractivity contribution is -0.421. The maximum Gasteiger partial charge on any atom is 0.310 e. The van der Waals surface area contributed by atoms with Gasteiger partial charge < -0.3 is 33.9 Å². The van der Waals surface area contributed by atoms with Crippen molar-refractivity contribution in [3.05, 3.63) is 83.0 Å². The molecule has 9 heteroatoms. The van der Waals surface area contributed by atoms with Gasteiger partial charge in [-0.15, -0.1) is 0 Å². The van der Waals surface area contributed by atoms with E-state index in [0.29, 0.717) is 29.6 Å². The molecule has 3 bridgehead atoms. The smallest absolute Gasteiger partial charge is 0.310 e. The molecule has 3 fully saturated rings. The van der Waals surface area contributed by atoms with E-state index in [4.69, 9.17) is 23.7 Å². The molecule has 2 heterocycles. The highest BCUT2D eigenvalue weighted by Crippen LogP contribution is 2.68. The molecular formula is C37H42O9. The number of methoxy groups -OCH3 is 1. The van der Waals surface area contributed by atoms with Gasteiger partial charge in [0.1, 0.15) is 23.9 Å². The van der Waals surface area contributed by atoms with Gasteiger partial charge in [0, 0.05) is 18.3 Å². The van der Waals surface area contributed by atoms with Gasteiger partial charge in [0.2, 0.25) is 0 Å². The molecule has 2 aliphatic heterocycles. The zero-order chi connectivity index (χ0) is 32.6. The van der Waals surface area contributed by atoms with Crippen molar-refractivity contribution < 1.29 is 43.5 Å². The Hall–Kier alpha value is -3.50. The van der Waals surface area contributed by atoms with Gasteiger partial charge in [-0.2, -0.15) is 0 Å². The second-order valence-electron chi connectivity index (χ2n) is 14.1. The van der Waals surface area contributed by atoms with Crippen LogP contribution >= 0.6 is 0 Å². The predicted octanol–water partition coefficient (Wildman–Crippen LogP) is 4.82. The molecule has 2 aromatic carbocycles. The van der Waals surface area contributed by atoms with Crippen LogP contribution in [0.25, 0.3) is 0 Å². The Morgan fingerprint density at radius 1 is 1.09 bits per heavy atom. The normalized spacial score (nSPS) is 37.3. The lowest BCUT2D eigenvalue weighted by Gasteiger charge is -2.59. The van der Waals surface area contributed by atoms with Crippen LogP contribution in [0.15, 0.2) is 71.8 Å². The average molecular weight is 631 g/mol. The van der Waals surface area contributed by atoms with Crippen molar-refractivity contribution in [2.45, 2.75) is 82.3 Å². The van der Waals surface area contributed by atoms with E-state index >= 15 is 0 Å². The summed E-state index contributed by atoms with van der Waals surface area (Å²) in [5.74, 6) is -3.03. The summed E-state index contributed by atoms with van der Waals surface area (Å²) in [6.45, 7) is 8.05. The number of ether oxygens (including phenoxy) is 5. The number of benzene rings is 2. The van der Waals surface area contributed by atoms with Crippen LogP contribution in [0.2, 0.25) is 0 Å². The first-order valence-corrected chi connectivity index (χ1v) is 16.1. The maximum absolute atomic E-state index is 13.8. The third kappa shape index (κ3) is 4.50. The van der Waals surface area contributed by atoms with E-state index in [1.807, 2.05) is 42.5 Å². The standard InChI is InChI=1S/C37H42O9/c1-21(2)35-17-23(4)37-27(33(35)44-36(45-35,46-37)19-24-9-7-6-8-10-24)14-26(18-34(41)30(37)13-22(3)32(34)40)20-43-31(39)16-25-11-12-28(38)29(15-25)42-5/h6-15,21,23,27,30,33,38,41H,16-20H2,1-5H3/t23-,27+,30-,33-,34-,35-,36-,37-/m1/s1. The predicted molar refractivity (Wildman–Crippen MR) is 167 cm³/mol. The van der Waals surface area contributed by atoms with Crippen molar-refractivity contribution in [1.82, 2.24) is 0 Å². The third-order valence-corrected chi connectivity index (χ3v) is 11.0. The molecule has 3 aliphatic carbocycles. The molecular weight excluding hydrogens is 588 g/mol. The average Bonchev–Trinajstić information content (AvgIpc) is 3.32. The van der Waals surface area contributed by atoms with Crippen LogP contribution in [0.3, 0.4) is 0 Å². The largest absolute Gasteiger partial charge is 0.504 e. The monoisotopic (exact) mass is 630 g/mol. The Morgan fingerprint density at radius 2 is 1.85 bits per heavy atom. The number of fused-ring (bicyclic) bond motifs is 2. The van der Waals surface area contributed by atoms with E-state index in [-0.39, 0.29) is 54.5 Å². The minimum absolute atomic E-state index is 0.00687. The quantitative estimate of drug-likeness (QED) is 0.312. The lowest BCUT2D eigenvalue weighted by Crippen LogP contribution is -2.71. The van der Waals surface area contributed by atoms with Crippen LogP contribution in [0.4, 0.5) is 0 Å². The SMILES string of the molecule is COc1cc(CC(=O)OCC2=C[C@H]3[C@H]4O[C@@]5(Cc6ccccc6)O[C@@]3([C@H](C)C[C@]4(C(C)C)O5)[C@@H]3C=C(C)C(=O)[C@@]3(O)C2)ccc1O. The summed E-state index contributed by atoms with van der Waals surface area (Å²) >= 11 is 0. The molecule has 5 aliphatic rings. The number of carbonyl (C=O) groups excluding carboxylic acids is 2. The van der Waals surface area contributed by atoms with E-state index in [9.17, 15) is 19.8 Å². The van der Waals surface area contributed by atoms with Gasteiger partial charge in [0.25, 0.3) is 5.97 Å². The first-order chi connectivity index (χ1) is 21.9. The van der Waals surface area contributed by atoms with Crippen molar-refractivity contribution in [2.24, 2.45) is 23.7 Å². The van der Waals surface area contributed by atoms with Gasteiger partial charge >= 0.3 is 5.97 Å². The van der Waals surface area contributed by atoms with Gasteiger partial charge in [-0.3, -0.25) is 9.59 Å². The van der Waals surface area contributed by atoms with Crippen molar-refractivity contribution >= 4 is 11.8 Å². The number of hydrogen-bond acceptors (Lipinski definition) is 9. The van der Waals surface area contributed by atoms with Crippen LogP contribution in [0.5, 0.6) is 11.5 Å². The Kier molecular flexibility index (Phi) is 7.29. The van der Waals surface area contributed by atoms with E-state index in [1.54, 1.807) is 19.1 Å². The number of esters is 1. The molecule has 8 atom stereocenters. The molecule has 46 heavy (non-hydrogen) atoms. The molecule has 244 valence electrons. The summed E-state index contributed by atoms with van der Waals surface area (Å²) in [6, 6.07) is 14.6. The molecule has 2 N–H and O–H groups in total. The molecule has 0 spiro atoms. The number of aromatic hydroxyl groups is 1. The number of phenols is 1. The molecule has 9 nitrogen and oxygen atoms in total. The molecule has 1 saturated carbocycles.